The maximum absolute atomic E-state index is 12.7. The molecule has 1 aromatic carbocycles. The third-order valence-corrected chi connectivity index (χ3v) is 5.83. The van der Waals surface area contributed by atoms with E-state index in [0.29, 0.717) is 22.3 Å². The summed E-state index contributed by atoms with van der Waals surface area (Å²) in [6, 6.07) is 6.94. The Balaban J connectivity index is 1.46. The molecule has 0 N–H and O–H groups in total. The van der Waals surface area contributed by atoms with Gasteiger partial charge in [0, 0.05) is 44.4 Å². The number of hydrogen-bond acceptors (Lipinski definition) is 5. The summed E-state index contributed by atoms with van der Waals surface area (Å²) < 4.78 is 6.77. The zero-order chi connectivity index (χ0) is 18.8. The zero-order valence-electron chi connectivity index (χ0n) is 15.0. The molecule has 6 nitrogen and oxygen atoms in total. The normalized spacial score (nSPS) is 21.0. The number of hydrogen-bond donors (Lipinski definition) is 0. The fourth-order valence-electron chi connectivity index (χ4n) is 3.67. The number of nitrogens with zero attached hydrogens (tertiary/aromatic N) is 4. The molecule has 2 aliphatic heterocycles. The highest BCUT2D eigenvalue weighted by molar-refractivity contribution is 6.33. The summed E-state index contributed by atoms with van der Waals surface area (Å²) in [6.45, 7) is 6.41. The van der Waals surface area contributed by atoms with Crippen LogP contribution in [0.2, 0.25) is 10.0 Å². The molecule has 0 radical (unpaired) electrons. The maximum Gasteiger partial charge on any atom is 0.292 e. The molecule has 1 aromatic heterocycles. The minimum atomic E-state index is -0.318. The van der Waals surface area contributed by atoms with Gasteiger partial charge in [0.25, 0.3) is 5.56 Å². The molecule has 8 heteroatoms. The Morgan fingerprint density at radius 1 is 1.11 bits per heavy atom. The van der Waals surface area contributed by atoms with Crippen LogP contribution in [0.25, 0.3) is 5.69 Å². The number of aromatic nitrogens is 2. The molecule has 0 aliphatic carbocycles. The van der Waals surface area contributed by atoms with Crippen LogP contribution in [0, 0.1) is 5.92 Å². The monoisotopic (exact) mass is 408 g/mol. The van der Waals surface area contributed by atoms with Gasteiger partial charge < -0.3 is 9.64 Å². The minimum absolute atomic E-state index is 0.206. The van der Waals surface area contributed by atoms with Crippen molar-refractivity contribution in [3.05, 3.63) is 50.9 Å². The van der Waals surface area contributed by atoms with Crippen molar-refractivity contribution in [1.29, 1.82) is 0 Å². The molecule has 4 rings (SSSR count). The molecule has 2 aliphatic rings. The Bertz CT molecular complexity index is 842. The Hall–Kier alpha value is -1.60. The van der Waals surface area contributed by atoms with Crippen molar-refractivity contribution in [2.45, 2.75) is 6.42 Å². The number of ether oxygens (including phenoxy) is 1. The zero-order valence-corrected chi connectivity index (χ0v) is 16.5. The summed E-state index contributed by atoms with van der Waals surface area (Å²) in [5.41, 5.74) is 1.03. The lowest BCUT2D eigenvalue weighted by Gasteiger charge is -2.37. The molecule has 0 bridgehead atoms. The van der Waals surface area contributed by atoms with E-state index in [-0.39, 0.29) is 10.6 Å². The van der Waals surface area contributed by atoms with E-state index in [0.717, 1.165) is 52.4 Å². The Morgan fingerprint density at radius 2 is 1.85 bits per heavy atom. The lowest BCUT2D eigenvalue weighted by molar-refractivity contribution is 0.164. The number of piperazine rings is 1. The van der Waals surface area contributed by atoms with E-state index in [1.165, 1.54) is 4.68 Å². The predicted molar refractivity (Wildman–Crippen MR) is 107 cm³/mol. The van der Waals surface area contributed by atoms with Gasteiger partial charge in [0.1, 0.15) is 5.02 Å². The van der Waals surface area contributed by atoms with Gasteiger partial charge in [-0.3, -0.25) is 9.69 Å². The number of benzene rings is 1. The fourth-order valence-corrected chi connectivity index (χ4v) is 4.05. The van der Waals surface area contributed by atoms with Gasteiger partial charge >= 0.3 is 0 Å². The van der Waals surface area contributed by atoms with Crippen LogP contribution in [-0.2, 0) is 4.74 Å². The van der Waals surface area contributed by atoms with E-state index < -0.39 is 0 Å². The molecule has 1 atom stereocenters. The Kier molecular flexibility index (Phi) is 5.68. The standard InChI is InChI=1S/C19H22Cl2N4O2/c20-15-1-3-16(4-2-15)25-19(26)18(21)17(11-22-25)24-8-6-23(7-9-24)12-14-5-10-27-13-14/h1-4,11,14H,5-10,12-13H2. The summed E-state index contributed by atoms with van der Waals surface area (Å²) in [6.07, 6.45) is 2.83. The van der Waals surface area contributed by atoms with Crippen molar-refractivity contribution in [2.24, 2.45) is 5.92 Å². The van der Waals surface area contributed by atoms with Crippen LogP contribution >= 0.6 is 23.2 Å². The van der Waals surface area contributed by atoms with E-state index in [1.54, 1.807) is 30.5 Å². The second-order valence-electron chi connectivity index (χ2n) is 7.05. The SMILES string of the molecule is O=c1c(Cl)c(N2CCN(CC3CCOC3)CC2)cnn1-c1ccc(Cl)cc1. The smallest absolute Gasteiger partial charge is 0.292 e. The van der Waals surface area contributed by atoms with Crippen molar-refractivity contribution in [3.63, 3.8) is 0 Å². The molecular formula is C19H22Cl2N4O2. The highest BCUT2D eigenvalue weighted by Gasteiger charge is 2.24. The number of halogens is 2. The summed E-state index contributed by atoms with van der Waals surface area (Å²) >= 11 is 12.3. The van der Waals surface area contributed by atoms with Crippen molar-refractivity contribution < 1.29 is 4.74 Å². The van der Waals surface area contributed by atoms with Crippen LogP contribution in [0.1, 0.15) is 6.42 Å². The highest BCUT2D eigenvalue weighted by atomic mass is 35.5. The molecule has 27 heavy (non-hydrogen) atoms. The lowest BCUT2D eigenvalue weighted by Crippen LogP contribution is -2.48. The van der Waals surface area contributed by atoms with E-state index in [9.17, 15) is 4.79 Å². The molecule has 2 saturated heterocycles. The van der Waals surface area contributed by atoms with E-state index in [1.807, 2.05) is 0 Å². The lowest BCUT2D eigenvalue weighted by atomic mass is 10.1. The van der Waals surface area contributed by atoms with Crippen LogP contribution in [0.15, 0.2) is 35.3 Å². The quantitative estimate of drug-likeness (QED) is 0.778. The molecule has 2 fully saturated rings. The van der Waals surface area contributed by atoms with Crippen molar-refractivity contribution in [1.82, 2.24) is 14.7 Å². The Labute approximate surface area is 168 Å². The van der Waals surface area contributed by atoms with Crippen LogP contribution in [0.5, 0.6) is 0 Å². The molecule has 0 spiro atoms. The summed E-state index contributed by atoms with van der Waals surface area (Å²) in [5.74, 6) is 0.644. The molecule has 1 unspecified atom stereocenters. The van der Waals surface area contributed by atoms with Gasteiger partial charge in [0.05, 0.1) is 24.2 Å². The predicted octanol–water partition coefficient (Wildman–Crippen LogP) is 2.70. The van der Waals surface area contributed by atoms with E-state index in [2.05, 4.69) is 14.9 Å². The second-order valence-corrected chi connectivity index (χ2v) is 7.87. The third kappa shape index (κ3) is 4.14. The minimum Gasteiger partial charge on any atom is -0.381 e. The summed E-state index contributed by atoms with van der Waals surface area (Å²) in [5, 5.41) is 5.14. The van der Waals surface area contributed by atoms with Gasteiger partial charge in [-0.2, -0.15) is 9.78 Å². The maximum atomic E-state index is 12.7. The van der Waals surface area contributed by atoms with Gasteiger partial charge in [-0.25, -0.2) is 0 Å². The molecule has 144 valence electrons. The average Bonchev–Trinajstić information content (AvgIpc) is 3.19. The van der Waals surface area contributed by atoms with Gasteiger partial charge in [0.15, 0.2) is 0 Å². The Morgan fingerprint density at radius 3 is 2.52 bits per heavy atom. The van der Waals surface area contributed by atoms with Crippen LogP contribution in [0.3, 0.4) is 0 Å². The van der Waals surface area contributed by atoms with Crippen LogP contribution < -0.4 is 10.5 Å². The first-order valence-electron chi connectivity index (χ1n) is 9.20. The number of anilines is 1. The topological polar surface area (TPSA) is 50.6 Å². The van der Waals surface area contributed by atoms with Crippen molar-refractivity contribution >= 4 is 28.9 Å². The first-order chi connectivity index (χ1) is 13.1. The molecule has 2 aromatic rings. The van der Waals surface area contributed by atoms with Crippen molar-refractivity contribution in [3.8, 4) is 5.69 Å². The molecule has 3 heterocycles. The van der Waals surface area contributed by atoms with Crippen LogP contribution in [0.4, 0.5) is 5.69 Å². The van der Waals surface area contributed by atoms with E-state index in [4.69, 9.17) is 27.9 Å². The number of rotatable bonds is 4. The second kappa shape index (κ2) is 8.19. The van der Waals surface area contributed by atoms with E-state index >= 15 is 0 Å². The van der Waals surface area contributed by atoms with Crippen molar-refractivity contribution in [2.75, 3.05) is 50.8 Å². The molecule has 0 saturated carbocycles. The van der Waals surface area contributed by atoms with Gasteiger partial charge in [-0.1, -0.05) is 23.2 Å². The van der Waals surface area contributed by atoms with Gasteiger partial charge in [-0.15, -0.1) is 0 Å². The third-order valence-electron chi connectivity index (χ3n) is 5.23. The summed E-state index contributed by atoms with van der Waals surface area (Å²) in [4.78, 5) is 17.3. The average molecular weight is 409 g/mol. The fraction of sp³-hybridized carbons (Fsp3) is 0.474. The first-order valence-corrected chi connectivity index (χ1v) is 9.96. The van der Waals surface area contributed by atoms with Crippen LogP contribution in [-0.4, -0.2) is 60.6 Å². The summed E-state index contributed by atoms with van der Waals surface area (Å²) in [7, 11) is 0. The first kappa shape index (κ1) is 18.7. The van der Waals surface area contributed by atoms with Gasteiger partial charge in [-0.05, 0) is 36.6 Å². The van der Waals surface area contributed by atoms with Gasteiger partial charge in [0.2, 0.25) is 0 Å². The molecular weight excluding hydrogens is 387 g/mol. The molecule has 0 amide bonds. The highest BCUT2D eigenvalue weighted by Crippen LogP contribution is 2.24. The largest absolute Gasteiger partial charge is 0.381 e.